The summed E-state index contributed by atoms with van der Waals surface area (Å²) >= 11 is 0. The summed E-state index contributed by atoms with van der Waals surface area (Å²) in [6, 6.07) is 10.7. The van der Waals surface area contributed by atoms with Gasteiger partial charge in [0.2, 0.25) is 0 Å². The van der Waals surface area contributed by atoms with Crippen molar-refractivity contribution in [3.63, 3.8) is 0 Å². The van der Waals surface area contributed by atoms with E-state index in [-0.39, 0.29) is 11.3 Å². The summed E-state index contributed by atoms with van der Waals surface area (Å²) in [6.45, 7) is 0. The lowest BCUT2D eigenvalue weighted by Crippen LogP contribution is -2.06. The molecule has 2 aromatic carbocycles. The van der Waals surface area contributed by atoms with Crippen molar-refractivity contribution in [2.45, 2.75) is 0 Å². The summed E-state index contributed by atoms with van der Waals surface area (Å²) in [5, 5.41) is 9.63. The van der Waals surface area contributed by atoms with Gasteiger partial charge in [0.25, 0.3) is 0 Å². The minimum Gasteiger partial charge on any atom is -0.507 e. The molecule has 0 amide bonds. The number of hydrogen-bond acceptors (Lipinski definition) is 3. The van der Waals surface area contributed by atoms with E-state index in [1.165, 1.54) is 19.2 Å². The van der Waals surface area contributed by atoms with Gasteiger partial charge in [-0.05, 0) is 12.1 Å². The number of halogens is 1. The molecule has 2 rings (SSSR count). The zero-order valence-corrected chi connectivity index (χ0v) is 9.68. The van der Waals surface area contributed by atoms with Crippen molar-refractivity contribution in [2.24, 2.45) is 0 Å². The number of phenols is 1. The Kier molecular flexibility index (Phi) is 3.28. The van der Waals surface area contributed by atoms with Gasteiger partial charge in [-0.15, -0.1) is 0 Å². The number of phenolic OH excluding ortho intramolecular Hbond substituents is 1. The third kappa shape index (κ3) is 2.05. The normalized spacial score (nSPS) is 10.1. The quantitative estimate of drug-likeness (QED) is 0.847. The lowest BCUT2D eigenvalue weighted by molar-refractivity contribution is 0.103. The molecule has 18 heavy (non-hydrogen) atoms. The number of carbonyl (C=O) groups is 1. The second-order valence-corrected chi connectivity index (χ2v) is 3.67. The molecule has 0 spiro atoms. The zero-order chi connectivity index (χ0) is 13.1. The van der Waals surface area contributed by atoms with Crippen LogP contribution in [0, 0.1) is 5.82 Å². The van der Waals surface area contributed by atoms with Crippen molar-refractivity contribution >= 4 is 5.78 Å². The highest BCUT2D eigenvalue weighted by Crippen LogP contribution is 2.29. The summed E-state index contributed by atoms with van der Waals surface area (Å²) in [5.41, 5.74) is -0.0690. The topological polar surface area (TPSA) is 46.5 Å². The van der Waals surface area contributed by atoms with Crippen molar-refractivity contribution in [2.75, 3.05) is 7.11 Å². The third-order valence-electron chi connectivity index (χ3n) is 2.57. The highest BCUT2D eigenvalue weighted by molar-refractivity contribution is 6.11. The van der Waals surface area contributed by atoms with Crippen molar-refractivity contribution in [1.82, 2.24) is 0 Å². The van der Waals surface area contributed by atoms with Gasteiger partial charge in [-0.25, -0.2) is 4.39 Å². The average molecular weight is 246 g/mol. The van der Waals surface area contributed by atoms with Gasteiger partial charge in [0.05, 0.1) is 7.11 Å². The third-order valence-corrected chi connectivity index (χ3v) is 2.57. The molecule has 0 saturated heterocycles. The molecule has 0 radical (unpaired) electrons. The van der Waals surface area contributed by atoms with Crippen LogP contribution >= 0.6 is 0 Å². The van der Waals surface area contributed by atoms with Crippen LogP contribution in [0.3, 0.4) is 0 Å². The summed E-state index contributed by atoms with van der Waals surface area (Å²) in [4.78, 5) is 12.1. The van der Waals surface area contributed by atoms with E-state index in [2.05, 4.69) is 0 Å². The van der Waals surface area contributed by atoms with Crippen LogP contribution in [0.25, 0.3) is 0 Å². The standard InChI is InChI=1S/C14H11FO3/c1-18-11-8-7-10(16)12(13(11)15)14(17)9-5-3-2-4-6-9/h2-8,16H,1H3. The maximum atomic E-state index is 14.0. The van der Waals surface area contributed by atoms with Gasteiger partial charge < -0.3 is 9.84 Å². The number of hydrogen-bond donors (Lipinski definition) is 1. The van der Waals surface area contributed by atoms with E-state index in [0.29, 0.717) is 5.56 Å². The SMILES string of the molecule is COc1ccc(O)c(C(=O)c2ccccc2)c1F. The molecule has 0 aliphatic carbocycles. The van der Waals surface area contributed by atoms with Crippen molar-refractivity contribution in [3.05, 3.63) is 59.4 Å². The van der Waals surface area contributed by atoms with Crippen LogP contribution in [0.1, 0.15) is 15.9 Å². The molecule has 0 saturated carbocycles. The Morgan fingerprint density at radius 2 is 1.83 bits per heavy atom. The van der Waals surface area contributed by atoms with E-state index < -0.39 is 17.3 Å². The summed E-state index contributed by atoms with van der Waals surface area (Å²) in [7, 11) is 1.30. The molecule has 92 valence electrons. The van der Waals surface area contributed by atoms with Crippen LogP contribution in [0.15, 0.2) is 42.5 Å². The molecular formula is C14H11FO3. The molecule has 4 heteroatoms. The molecule has 0 bridgehead atoms. The number of ether oxygens (including phenoxy) is 1. The molecule has 0 aromatic heterocycles. The second-order valence-electron chi connectivity index (χ2n) is 3.67. The lowest BCUT2D eigenvalue weighted by Gasteiger charge is -2.08. The van der Waals surface area contributed by atoms with Gasteiger partial charge >= 0.3 is 0 Å². The Morgan fingerprint density at radius 1 is 1.17 bits per heavy atom. The molecule has 0 aliphatic heterocycles. The largest absolute Gasteiger partial charge is 0.507 e. The Labute approximate surface area is 103 Å². The first-order valence-corrected chi connectivity index (χ1v) is 5.30. The predicted molar refractivity (Wildman–Crippen MR) is 64.5 cm³/mol. The fraction of sp³-hybridized carbons (Fsp3) is 0.0714. The van der Waals surface area contributed by atoms with E-state index in [1.807, 2.05) is 0 Å². The minimum atomic E-state index is -0.855. The van der Waals surface area contributed by atoms with Crippen LogP contribution in [0.4, 0.5) is 4.39 Å². The van der Waals surface area contributed by atoms with E-state index in [9.17, 15) is 14.3 Å². The fourth-order valence-corrected chi connectivity index (χ4v) is 1.65. The summed E-state index contributed by atoms with van der Waals surface area (Å²) in [6.07, 6.45) is 0. The Hall–Kier alpha value is -2.36. The molecule has 0 heterocycles. The van der Waals surface area contributed by atoms with E-state index >= 15 is 0 Å². The number of benzene rings is 2. The van der Waals surface area contributed by atoms with Gasteiger partial charge in [-0.1, -0.05) is 30.3 Å². The van der Waals surface area contributed by atoms with Gasteiger partial charge in [-0.2, -0.15) is 0 Å². The molecule has 0 fully saturated rings. The van der Waals surface area contributed by atoms with E-state index in [4.69, 9.17) is 4.74 Å². The maximum absolute atomic E-state index is 14.0. The number of aromatic hydroxyl groups is 1. The predicted octanol–water partition coefficient (Wildman–Crippen LogP) is 2.77. The summed E-state index contributed by atoms with van der Waals surface area (Å²) in [5.74, 6) is -1.91. The van der Waals surface area contributed by atoms with Crippen molar-refractivity contribution in [1.29, 1.82) is 0 Å². The maximum Gasteiger partial charge on any atom is 0.199 e. The first kappa shape index (κ1) is 12.1. The molecule has 0 atom stereocenters. The molecular weight excluding hydrogens is 235 g/mol. The van der Waals surface area contributed by atoms with Gasteiger partial charge in [0.1, 0.15) is 11.3 Å². The summed E-state index contributed by atoms with van der Waals surface area (Å²) < 4.78 is 18.8. The highest BCUT2D eigenvalue weighted by Gasteiger charge is 2.21. The molecule has 0 unspecified atom stereocenters. The smallest absolute Gasteiger partial charge is 0.199 e. The Morgan fingerprint density at radius 3 is 2.44 bits per heavy atom. The molecule has 3 nitrogen and oxygen atoms in total. The average Bonchev–Trinajstić information content (AvgIpc) is 2.40. The van der Waals surface area contributed by atoms with Crippen LogP contribution in [0.2, 0.25) is 0 Å². The van der Waals surface area contributed by atoms with Crippen LogP contribution < -0.4 is 4.74 Å². The Balaban J connectivity index is 2.55. The van der Waals surface area contributed by atoms with Gasteiger partial charge in [-0.3, -0.25) is 4.79 Å². The lowest BCUT2D eigenvalue weighted by atomic mass is 10.0. The highest BCUT2D eigenvalue weighted by atomic mass is 19.1. The zero-order valence-electron chi connectivity index (χ0n) is 9.68. The number of methoxy groups -OCH3 is 1. The van der Waals surface area contributed by atoms with Gasteiger partial charge in [0, 0.05) is 5.56 Å². The Bertz CT molecular complexity index is 579. The number of rotatable bonds is 3. The minimum absolute atomic E-state index is 0.0768. The number of ketones is 1. The molecule has 1 N–H and O–H groups in total. The van der Waals surface area contributed by atoms with Crippen LogP contribution in [0.5, 0.6) is 11.5 Å². The van der Waals surface area contributed by atoms with Crippen LogP contribution in [-0.4, -0.2) is 18.0 Å². The van der Waals surface area contributed by atoms with Crippen molar-refractivity contribution < 1.29 is 19.0 Å². The first-order chi connectivity index (χ1) is 8.65. The van der Waals surface area contributed by atoms with E-state index in [0.717, 1.165) is 0 Å². The van der Waals surface area contributed by atoms with Gasteiger partial charge in [0.15, 0.2) is 17.3 Å². The van der Waals surface area contributed by atoms with Crippen molar-refractivity contribution in [3.8, 4) is 11.5 Å². The number of carbonyl (C=O) groups excluding carboxylic acids is 1. The van der Waals surface area contributed by atoms with Crippen LogP contribution in [-0.2, 0) is 0 Å². The van der Waals surface area contributed by atoms with E-state index in [1.54, 1.807) is 30.3 Å². The fourth-order valence-electron chi connectivity index (χ4n) is 1.65. The second kappa shape index (κ2) is 4.87. The molecule has 0 aliphatic rings. The molecule has 2 aromatic rings. The monoisotopic (exact) mass is 246 g/mol. The first-order valence-electron chi connectivity index (χ1n) is 5.30.